The number of quaternary nitrogens is 1. The molecule has 7 nitrogen and oxygen atoms in total. The van der Waals surface area contributed by atoms with E-state index in [9.17, 15) is 0 Å². The predicted octanol–water partition coefficient (Wildman–Crippen LogP) is 1.30. The summed E-state index contributed by atoms with van der Waals surface area (Å²) in [5, 5.41) is 13.7. The molecule has 26 heavy (non-hydrogen) atoms. The molecule has 8 heteroatoms. The molecule has 0 amide bonds. The molecule has 0 spiro atoms. The van der Waals surface area contributed by atoms with Crippen LogP contribution in [0.2, 0.25) is 0 Å². The number of hydrogen-bond acceptors (Lipinski definition) is 6. The molecule has 0 bridgehead atoms. The number of thiazole rings is 1. The quantitative estimate of drug-likeness (QED) is 0.750. The molecule has 3 heterocycles. The van der Waals surface area contributed by atoms with Gasteiger partial charge in [0.05, 0.1) is 42.4 Å². The van der Waals surface area contributed by atoms with Crippen molar-refractivity contribution in [3.63, 3.8) is 0 Å². The smallest absolute Gasteiger partial charge is 0.206 e. The standard InChI is InChI=1S/C18H23N7S/c1-2-6-14(5-1)25-17(20-21-22-25)13-23-9-11-24(12-10-23)18-19-15-7-3-4-8-16(15)26-18/h3-4,7-8,14H,1-2,5-6,9-13H2/p+1. The number of piperazine rings is 1. The summed E-state index contributed by atoms with van der Waals surface area (Å²) >= 11 is 1.80. The van der Waals surface area contributed by atoms with Crippen LogP contribution in [-0.4, -0.2) is 51.4 Å². The van der Waals surface area contributed by atoms with Gasteiger partial charge in [0.15, 0.2) is 5.13 Å². The topological polar surface area (TPSA) is 64.2 Å². The molecule has 0 unspecified atom stereocenters. The van der Waals surface area contributed by atoms with Crippen LogP contribution in [0.4, 0.5) is 5.13 Å². The summed E-state index contributed by atoms with van der Waals surface area (Å²) in [6.07, 6.45) is 5.05. The Bertz CT molecular complexity index is 841. The Kier molecular flexibility index (Phi) is 4.30. The van der Waals surface area contributed by atoms with Gasteiger partial charge >= 0.3 is 0 Å². The van der Waals surface area contributed by atoms with E-state index in [-0.39, 0.29) is 0 Å². The van der Waals surface area contributed by atoms with E-state index >= 15 is 0 Å². The monoisotopic (exact) mass is 370 g/mol. The van der Waals surface area contributed by atoms with Gasteiger partial charge in [0, 0.05) is 0 Å². The van der Waals surface area contributed by atoms with Gasteiger partial charge in [0.25, 0.3) is 0 Å². The number of benzene rings is 1. The summed E-state index contributed by atoms with van der Waals surface area (Å²) in [6.45, 7) is 5.22. The van der Waals surface area contributed by atoms with Crippen molar-refractivity contribution in [1.29, 1.82) is 0 Å². The number of hydrogen-bond donors (Lipinski definition) is 1. The summed E-state index contributed by atoms with van der Waals surface area (Å²) in [6, 6.07) is 8.91. The third-order valence-electron chi connectivity index (χ3n) is 5.66. The third-order valence-corrected chi connectivity index (χ3v) is 6.76. The first-order valence-electron chi connectivity index (χ1n) is 9.57. The number of rotatable bonds is 4. The summed E-state index contributed by atoms with van der Waals surface area (Å²) in [7, 11) is 0. The molecular weight excluding hydrogens is 346 g/mol. The van der Waals surface area contributed by atoms with Gasteiger partial charge in [-0.2, -0.15) is 0 Å². The van der Waals surface area contributed by atoms with Crippen LogP contribution in [0, 0.1) is 0 Å². The van der Waals surface area contributed by atoms with Crippen LogP contribution in [-0.2, 0) is 6.54 Å². The van der Waals surface area contributed by atoms with E-state index in [1.165, 1.54) is 30.4 Å². The lowest BCUT2D eigenvalue weighted by molar-refractivity contribution is -0.915. The van der Waals surface area contributed by atoms with Crippen LogP contribution < -0.4 is 9.80 Å². The Morgan fingerprint density at radius 2 is 1.92 bits per heavy atom. The number of aromatic nitrogens is 5. The molecule has 2 aromatic heterocycles. The van der Waals surface area contributed by atoms with Crippen molar-refractivity contribution in [3.8, 4) is 0 Å². The molecule has 0 radical (unpaired) electrons. The van der Waals surface area contributed by atoms with Gasteiger partial charge in [-0.15, -0.1) is 5.10 Å². The molecule has 1 saturated carbocycles. The first-order chi connectivity index (χ1) is 12.9. The molecule has 1 aliphatic heterocycles. The maximum absolute atomic E-state index is 4.80. The highest BCUT2D eigenvalue weighted by molar-refractivity contribution is 7.22. The predicted molar refractivity (Wildman–Crippen MR) is 102 cm³/mol. The first kappa shape index (κ1) is 16.1. The number of nitrogens with one attached hydrogen (secondary N) is 1. The van der Waals surface area contributed by atoms with Crippen molar-refractivity contribution in [2.75, 3.05) is 31.1 Å². The SMILES string of the molecule is c1ccc2sc(N3CC[NH+](Cc4nnnn4C4CCCC4)CC3)nc2c1. The maximum atomic E-state index is 4.80. The Morgan fingerprint density at radius 1 is 1.12 bits per heavy atom. The minimum atomic E-state index is 0.517. The lowest BCUT2D eigenvalue weighted by Crippen LogP contribution is -3.13. The Labute approximate surface area is 156 Å². The highest BCUT2D eigenvalue weighted by Gasteiger charge is 2.27. The molecule has 1 N–H and O–H groups in total. The van der Waals surface area contributed by atoms with Crippen LogP contribution in [0.1, 0.15) is 37.5 Å². The highest BCUT2D eigenvalue weighted by Crippen LogP contribution is 2.29. The van der Waals surface area contributed by atoms with Crippen molar-refractivity contribution in [2.24, 2.45) is 0 Å². The number of anilines is 1. The first-order valence-corrected chi connectivity index (χ1v) is 10.4. The lowest BCUT2D eigenvalue weighted by atomic mass is 10.2. The molecule has 1 aliphatic carbocycles. The number of tetrazole rings is 1. The lowest BCUT2D eigenvalue weighted by Gasteiger charge is -2.31. The summed E-state index contributed by atoms with van der Waals surface area (Å²) in [5.41, 5.74) is 1.11. The molecular formula is C18H24N7S+. The van der Waals surface area contributed by atoms with E-state index in [1.54, 1.807) is 16.2 Å². The van der Waals surface area contributed by atoms with Gasteiger partial charge in [-0.25, -0.2) is 9.67 Å². The molecule has 3 aromatic rings. The number of para-hydroxylation sites is 1. The van der Waals surface area contributed by atoms with Crippen LogP contribution in [0.15, 0.2) is 24.3 Å². The van der Waals surface area contributed by atoms with E-state index in [0.29, 0.717) is 6.04 Å². The number of fused-ring (bicyclic) bond motifs is 1. The Balaban J connectivity index is 1.23. The minimum absolute atomic E-state index is 0.517. The third kappa shape index (κ3) is 3.07. The van der Waals surface area contributed by atoms with Crippen LogP contribution in [0.5, 0.6) is 0 Å². The molecule has 136 valence electrons. The Hall–Kier alpha value is -2.06. The second kappa shape index (κ2) is 6.92. The summed E-state index contributed by atoms with van der Waals surface area (Å²) in [5.74, 6) is 1.06. The molecule has 1 saturated heterocycles. The fraction of sp³-hybridized carbons (Fsp3) is 0.556. The van der Waals surface area contributed by atoms with Crippen LogP contribution >= 0.6 is 11.3 Å². The maximum Gasteiger partial charge on any atom is 0.206 e. The van der Waals surface area contributed by atoms with Crippen molar-refractivity contribution in [2.45, 2.75) is 38.3 Å². The minimum Gasteiger partial charge on any atom is -0.337 e. The normalized spacial score (nSPS) is 19.6. The zero-order valence-corrected chi connectivity index (χ0v) is 15.7. The average Bonchev–Trinajstić information content (AvgIpc) is 3.42. The molecule has 1 aromatic carbocycles. The fourth-order valence-corrected chi connectivity index (χ4v) is 5.19. The Morgan fingerprint density at radius 3 is 2.73 bits per heavy atom. The second-order valence-electron chi connectivity index (χ2n) is 7.36. The van der Waals surface area contributed by atoms with Crippen LogP contribution in [0.25, 0.3) is 10.2 Å². The van der Waals surface area contributed by atoms with E-state index in [1.807, 2.05) is 0 Å². The van der Waals surface area contributed by atoms with Gasteiger partial charge in [0.2, 0.25) is 5.82 Å². The molecule has 2 fully saturated rings. The van der Waals surface area contributed by atoms with Gasteiger partial charge in [-0.05, 0) is 35.4 Å². The summed E-state index contributed by atoms with van der Waals surface area (Å²) in [4.78, 5) is 8.79. The molecule has 2 aliphatic rings. The zero-order chi connectivity index (χ0) is 17.3. The largest absolute Gasteiger partial charge is 0.337 e. The van der Waals surface area contributed by atoms with Gasteiger partial charge in [-0.1, -0.05) is 36.3 Å². The molecule has 5 rings (SSSR count). The molecule has 0 atom stereocenters. The van der Waals surface area contributed by atoms with E-state index in [4.69, 9.17) is 4.98 Å². The second-order valence-corrected chi connectivity index (χ2v) is 8.37. The summed E-state index contributed by atoms with van der Waals surface area (Å²) < 4.78 is 3.37. The highest BCUT2D eigenvalue weighted by atomic mass is 32.1. The van der Waals surface area contributed by atoms with Crippen molar-refractivity contribution >= 4 is 26.7 Å². The van der Waals surface area contributed by atoms with Gasteiger partial charge in [0.1, 0.15) is 6.54 Å². The van der Waals surface area contributed by atoms with Gasteiger partial charge in [-0.3, -0.25) is 0 Å². The number of nitrogens with zero attached hydrogens (tertiary/aromatic N) is 6. The van der Waals surface area contributed by atoms with E-state index < -0.39 is 0 Å². The van der Waals surface area contributed by atoms with E-state index in [2.05, 4.69) is 49.4 Å². The van der Waals surface area contributed by atoms with Gasteiger partial charge < -0.3 is 9.80 Å². The van der Waals surface area contributed by atoms with Crippen molar-refractivity contribution < 1.29 is 4.90 Å². The fourth-order valence-electron chi connectivity index (χ4n) is 4.17. The van der Waals surface area contributed by atoms with Crippen molar-refractivity contribution in [1.82, 2.24) is 25.2 Å². The average molecular weight is 371 g/mol. The van der Waals surface area contributed by atoms with E-state index in [0.717, 1.165) is 49.2 Å². The van der Waals surface area contributed by atoms with Crippen molar-refractivity contribution in [3.05, 3.63) is 30.1 Å². The van der Waals surface area contributed by atoms with Crippen LogP contribution in [0.3, 0.4) is 0 Å². The zero-order valence-electron chi connectivity index (χ0n) is 14.8.